The van der Waals surface area contributed by atoms with E-state index in [1.807, 2.05) is 0 Å². The average Bonchev–Trinajstić information content (AvgIpc) is 1.27. The lowest BCUT2D eigenvalue weighted by Gasteiger charge is -2.65. The number of halogens is 1. The molecule has 1 nitrogen and oxygen atoms in total. The molecule has 2 heteroatoms. The Bertz CT molecular complexity index is 89.5. The zero-order valence-electron chi connectivity index (χ0n) is 4.08. The fourth-order valence-corrected chi connectivity index (χ4v) is 2.54. The normalized spacial score (nSPS) is 66.0. The molecule has 2 bridgehead atoms. The number of nitrogens with two attached hydrogens (primary N) is 1. The van der Waals surface area contributed by atoms with Crippen LogP contribution in [0.2, 0.25) is 0 Å². The van der Waals surface area contributed by atoms with Crippen molar-refractivity contribution < 1.29 is 0 Å². The van der Waals surface area contributed by atoms with Crippen LogP contribution in [-0.4, -0.2) is 10.4 Å². The minimum atomic E-state index is 0.175. The van der Waals surface area contributed by atoms with Gasteiger partial charge in [-0.05, 0) is 19.3 Å². The Kier molecular flexibility index (Phi) is 0.440. The summed E-state index contributed by atoms with van der Waals surface area (Å²) in [7, 11) is 0. The second-order valence-corrected chi connectivity index (χ2v) is 3.85. The molecule has 3 aliphatic carbocycles. The Hall–Kier alpha value is 0.250. The van der Waals surface area contributed by atoms with Crippen molar-refractivity contribution in [1.82, 2.24) is 0 Å². The second-order valence-electron chi connectivity index (χ2n) is 3.04. The van der Waals surface area contributed by atoms with Crippen LogP contribution in [0.25, 0.3) is 0 Å². The number of alkyl halides is 1. The van der Waals surface area contributed by atoms with Gasteiger partial charge in [0.2, 0.25) is 0 Å². The minimum absolute atomic E-state index is 0.175. The summed E-state index contributed by atoms with van der Waals surface area (Å²) >= 11 is 5.88. The van der Waals surface area contributed by atoms with E-state index in [4.69, 9.17) is 17.3 Å². The Morgan fingerprint density at radius 3 is 1.71 bits per heavy atom. The van der Waals surface area contributed by atoms with E-state index in [0.29, 0.717) is 0 Å². The number of hydrogen-bond acceptors (Lipinski definition) is 1. The summed E-state index contributed by atoms with van der Waals surface area (Å²) in [4.78, 5) is 0.175. The van der Waals surface area contributed by atoms with Crippen molar-refractivity contribution in [3.8, 4) is 0 Å². The first kappa shape index (κ1) is 4.16. The van der Waals surface area contributed by atoms with Gasteiger partial charge in [0, 0.05) is 10.4 Å². The summed E-state index contributed by atoms with van der Waals surface area (Å²) in [6.45, 7) is 0. The van der Waals surface area contributed by atoms with Gasteiger partial charge in [-0.3, -0.25) is 0 Å². The van der Waals surface area contributed by atoms with Crippen molar-refractivity contribution in [1.29, 1.82) is 0 Å². The van der Waals surface area contributed by atoms with Gasteiger partial charge in [0.1, 0.15) is 0 Å². The van der Waals surface area contributed by atoms with E-state index in [1.165, 1.54) is 0 Å². The molecule has 0 radical (unpaired) electrons. The van der Waals surface area contributed by atoms with Gasteiger partial charge in [-0.25, -0.2) is 0 Å². The van der Waals surface area contributed by atoms with Gasteiger partial charge in [-0.15, -0.1) is 11.6 Å². The summed E-state index contributed by atoms with van der Waals surface area (Å²) in [5, 5.41) is 0. The Labute approximate surface area is 47.8 Å². The number of rotatable bonds is 0. The molecule has 0 saturated heterocycles. The van der Waals surface area contributed by atoms with Crippen molar-refractivity contribution >= 4 is 11.6 Å². The summed E-state index contributed by atoms with van der Waals surface area (Å²) in [5.74, 6) is 0. The monoisotopic (exact) mass is 117 g/mol. The molecule has 0 amide bonds. The SMILES string of the molecule is NC12CC(Cl)(C1)C2. The van der Waals surface area contributed by atoms with E-state index in [-0.39, 0.29) is 10.4 Å². The highest BCUT2D eigenvalue weighted by Gasteiger charge is 2.65. The molecular weight excluding hydrogens is 110 g/mol. The van der Waals surface area contributed by atoms with Crippen LogP contribution in [0.1, 0.15) is 19.3 Å². The van der Waals surface area contributed by atoms with Crippen LogP contribution in [0, 0.1) is 0 Å². The topological polar surface area (TPSA) is 26.0 Å². The Morgan fingerprint density at radius 1 is 1.29 bits per heavy atom. The van der Waals surface area contributed by atoms with E-state index >= 15 is 0 Å². The van der Waals surface area contributed by atoms with Gasteiger partial charge < -0.3 is 5.73 Å². The lowest BCUT2D eigenvalue weighted by atomic mass is 9.50. The summed E-state index contributed by atoms with van der Waals surface area (Å²) in [5.41, 5.74) is 5.88. The molecule has 0 unspecified atom stereocenters. The maximum atomic E-state index is 5.88. The summed E-state index contributed by atoms with van der Waals surface area (Å²) in [6, 6.07) is 0. The molecule has 0 heterocycles. The summed E-state index contributed by atoms with van der Waals surface area (Å²) in [6.07, 6.45) is 3.17. The van der Waals surface area contributed by atoms with E-state index < -0.39 is 0 Å². The lowest BCUT2D eigenvalue weighted by molar-refractivity contribution is 0.0114. The second kappa shape index (κ2) is 0.741. The Balaban J connectivity index is 2.16. The van der Waals surface area contributed by atoms with Crippen molar-refractivity contribution in [2.75, 3.05) is 0 Å². The third-order valence-electron chi connectivity index (χ3n) is 2.01. The molecule has 2 N–H and O–H groups in total. The highest BCUT2D eigenvalue weighted by molar-refractivity contribution is 6.26. The van der Waals surface area contributed by atoms with E-state index in [9.17, 15) is 0 Å². The van der Waals surface area contributed by atoms with Crippen molar-refractivity contribution in [3.63, 3.8) is 0 Å². The summed E-state index contributed by atoms with van der Waals surface area (Å²) < 4.78 is 0. The molecule has 0 spiro atoms. The first-order valence-corrected chi connectivity index (χ1v) is 2.98. The predicted octanol–water partition coefficient (Wildman–Crippen LogP) is 0.859. The molecule has 0 aromatic heterocycles. The first-order chi connectivity index (χ1) is 3.12. The maximum Gasteiger partial charge on any atom is 0.0499 e. The molecule has 3 fully saturated rings. The zero-order chi connectivity index (χ0) is 5.12. The van der Waals surface area contributed by atoms with Gasteiger partial charge in [0.25, 0.3) is 0 Å². The molecule has 3 aliphatic rings. The first-order valence-electron chi connectivity index (χ1n) is 2.60. The highest BCUT2D eigenvalue weighted by Crippen LogP contribution is 2.62. The fraction of sp³-hybridized carbons (Fsp3) is 1.00. The third-order valence-corrected chi connectivity index (χ3v) is 2.41. The van der Waals surface area contributed by atoms with Crippen molar-refractivity contribution in [3.05, 3.63) is 0 Å². The van der Waals surface area contributed by atoms with Crippen LogP contribution in [0.15, 0.2) is 0 Å². The molecule has 0 aromatic rings. The molecule has 40 valence electrons. The maximum absolute atomic E-state index is 5.88. The van der Waals surface area contributed by atoms with E-state index in [1.54, 1.807) is 0 Å². The van der Waals surface area contributed by atoms with Crippen LogP contribution in [0.5, 0.6) is 0 Å². The van der Waals surface area contributed by atoms with Crippen LogP contribution in [0.3, 0.4) is 0 Å². The molecule has 0 atom stereocenters. The van der Waals surface area contributed by atoms with Crippen LogP contribution in [-0.2, 0) is 0 Å². The molecule has 0 aliphatic heterocycles. The van der Waals surface area contributed by atoms with Gasteiger partial charge >= 0.3 is 0 Å². The van der Waals surface area contributed by atoms with Crippen LogP contribution in [0.4, 0.5) is 0 Å². The third kappa shape index (κ3) is 0.339. The lowest BCUT2D eigenvalue weighted by Crippen LogP contribution is -2.73. The van der Waals surface area contributed by atoms with Crippen molar-refractivity contribution in [2.45, 2.75) is 29.7 Å². The standard InChI is InChI=1S/C5H8ClN/c6-4-1-5(7,2-4)3-4/h1-3,7H2. The Morgan fingerprint density at radius 2 is 1.71 bits per heavy atom. The molecule has 7 heavy (non-hydrogen) atoms. The van der Waals surface area contributed by atoms with Crippen LogP contribution < -0.4 is 5.73 Å². The molecule has 0 aromatic carbocycles. The molecule has 3 saturated carbocycles. The smallest absolute Gasteiger partial charge is 0.0499 e. The van der Waals surface area contributed by atoms with Gasteiger partial charge in [-0.1, -0.05) is 0 Å². The highest BCUT2D eigenvalue weighted by atomic mass is 35.5. The van der Waals surface area contributed by atoms with Crippen LogP contribution >= 0.6 is 11.6 Å². The average molecular weight is 118 g/mol. The fourth-order valence-electron chi connectivity index (χ4n) is 1.74. The minimum Gasteiger partial charge on any atom is -0.325 e. The van der Waals surface area contributed by atoms with Gasteiger partial charge in [-0.2, -0.15) is 0 Å². The molecular formula is C5H8ClN. The largest absolute Gasteiger partial charge is 0.325 e. The van der Waals surface area contributed by atoms with Crippen molar-refractivity contribution in [2.24, 2.45) is 5.73 Å². The molecule has 3 rings (SSSR count). The van der Waals surface area contributed by atoms with Gasteiger partial charge in [0.15, 0.2) is 0 Å². The quantitative estimate of drug-likeness (QED) is 0.468. The zero-order valence-corrected chi connectivity index (χ0v) is 4.83. The van der Waals surface area contributed by atoms with Gasteiger partial charge in [0.05, 0.1) is 0 Å². The predicted molar refractivity (Wildman–Crippen MR) is 29.4 cm³/mol. The van der Waals surface area contributed by atoms with E-state index in [0.717, 1.165) is 19.3 Å². The number of hydrogen-bond donors (Lipinski definition) is 1. The van der Waals surface area contributed by atoms with E-state index in [2.05, 4.69) is 0 Å².